The molecule has 5 heteroatoms. The first-order valence-electron chi connectivity index (χ1n) is 3.84. The van der Waals surface area contributed by atoms with Crippen molar-refractivity contribution in [3.63, 3.8) is 0 Å². The van der Waals surface area contributed by atoms with E-state index in [1.54, 1.807) is 0 Å². The first-order valence-corrected chi connectivity index (χ1v) is 3.84. The summed E-state index contributed by atoms with van der Waals surface area (Å²) < 4.78 is 38.8. The van der Waals surface area contributed by atoms with Gasteiger partial charge in [0.2, 0.25) is 0 Å². The Balaban J connectivity index is 2.63. The molecule has 0 bridgehead atoms. The van der Waals surface area contributed by atoms with Crippen LogP contribution >= 0.6 is 0 Å². The quantitative estimate of drug-likeness (QED) is 0.688. The lowest BCUT2D eigenvalue weighted by Gasteiger charge is -2.00. The molecule has 0 saturated heterocycles. The van der Waals surface area contributed by atoms with Crippen molar-refractivity contribution >= 4 is 0 Å². The van der Waals surface area contributed by atoms with Gasteiger partial charge < -0.3 is 0 Å². The molecule has 1 heterocycles. The van der Waals surface area contributed by atoms with Crippen LogP contribution in [0.3, 0.4) is 0 Å². The largest absolute Gasteiger partial charge is 0.234 e. The van der Waals surface area contributed by atoms with E-state index >= 15 is 0 Å². The molecule has 0 spiro atoms. The van der Waals surface area contributed by atoms with Gasteiger partial charge in [0.05, 0.1) is 11.8 Å². The van der Waals surface area contributed by atoms with Crippen LogP contribution in [0.1, 0.15) is 0 Å². The summed E-state index contributed by atoms with van der Waals surface area (Å²) in [6.45, 7) is 0. The highest BCUT2D eigenvalue weighted by Gasteiger charge is 2.13. The minimum Gasteiger partial charge on any atom is -0.234 e. The van der Waals surface area contributed by atoms with Crippen LogP contribution in [0, 0.1) is 11.6 Å². The van der Waals surface area contributed by atoms with Crippen molar-refractivity contribution in [3.05, 3.63) is 42.2 Å². The Morgan fingerprint density at radius 3 is 2.64 bits per heavy atom. The van der Waals surface area contributed by atoms with Crippen LogP contribution in [-0.2, 0) is 0 Å². The zero-order valence-corrected chi connectivity index (χ0v) is 6.92. The number of rotatable bonds is 1. The van der Waals surface area contributed by atoms with E-state index in [0.29, 0.717) is 0 Å². The van der Waals surface area contributed by atoms with Gasteiger partial charge in [-0.1, -0.05) is 10.5 Å². The highest BCUT2D eigenvalue weighted by molar-refractivity contribution is 5.56. The van der Waals surface area contributed by atoms with E-state index in [4.69, 9.17) is 0 Å². The van der Waals surface area contributed by atoms with Gasteiger partial charge in [0.15, 0.2) is 17.5 Å². The summed E-state index contributed by atoms with van der Waals surface area (Å²) in [4.78, 5) is 3.71. The molecule has 72 valence electrons. The Morgan fingerprint density at radius 2 is 2.00 bits per heavy atom. The first-order chi connectivity index (χ1) is 6.70. The molecule has 0 amide bonds. The summed E-state index contributed by atoms with van der Waals surface area (Å²) in [7, 11) is 0. The van der Waals surface area contributed by atoms with Crippen LogP contribution in [0.4, 0.5) is 13.3 Å². The summed E-state index contributed by atoms with van der Waals surface area (Å²) >= 11 is 0. The van der Waals surface area contributed by atoms with Crippen LogP contribution in [0.5, 0.6) is 0 Å². The van der Waals surface area contributed by atoms with Gasteiger partial charge >= 0.3 is 0 Å². The SMILES string of the molecule is Fc1cccc(-c2nccn2F)c1F. The summed E-state index contributed by atoms with van der Waals surface area (Å²) in [5.41, 5.74) is -0.197. The smallest absolute Gasteiger partial charge is 0.172 e. The number of imidazole rings is 1. The molecule has 14 heavy (non-hydrogen) atoms. The van der Waals surface area contributed by atoms with Crippen molar-refractivity contribution in [2.24, 2.45) is 0 Å². The van der Waals surface area contributed by atoms with Gasteiger partial charge in [-0.25, -0.2) is 13.8 Å². The molecule has 0 fully saturated rings. The van der Waals surface area contributed by atoms with Crippen LogP contribution in [0.25, 0.3) is 11.4 Å². The second-order valence-corrected chi connectivity index (χ2v) is 2.66. The van der Waals surface area contributed by atoms with Crippen molar-refractivity contribution in [1.82, 2.24) is 9.77 Å². The number of nitrogens with zero attached hydrogens (tertiary/aromatic N) is 2. The maximum absolute atomic E-state index is 13.1. The van der Waals surface area contributed by atoms with Gasteiger partial charge in [-0.05, 0) is 12.1 Å². The Bertz CT molecular complexity index is 465. The van der Waals surface area contributed by atoms with E-state index in [-0.39, 0.29) is 16.2 Å². The molecule has 1 aromatic heterocycles. The van der Waals surface area contributed by atoms with E-state index in [1.807, 2.05) is 0 Å². The Kier molecular flexibility index (Phi) is 1.99. The number of hydrogen-bond acceptors (Lipinski definition) is 1. The maximum atomic E-state index is 13.1. The van der Waals surface area contributed by atoms with Crippen LogP contribution in [0.2, 0.25) is 0 Å². The van der Waals surface area contributed by atoms with Crippen LogP contribution in [-0.4, -0.2) is 9.77 Å². The third-order valence-corrected chi connectivity index (χ3v) is 1.79. The molecule has 0 atom stereocenters. The molecule has 0 N–H and O–H groups in total. The molecule has 2 nitrogen and oxygen atoms in total. The average molecular weight is 198 g/mol. The molecule has 0 aliphatic carbocycles. The van der Waals surface area contributed by atoms with Crippen LogP contribution in [0.15, 0.2) is 30.6 Å². The fraction of sp³-hybridized carbons (Fsp3) is 0. The van der Waals surface area contributed by atoms with Crippen molar-refractivity contribution in [1.29, 1.82) is 0 Å². The number of benzene rings is 1. The molecule has 0 unspecified atom stereocenters. The van der Waals surface area contributed by atoms with Gasteiger partial charge in [0.1, 0.15) is 0 Å². The fourth-order valence-corrected chi connectivity index (χ4v) is 1.15. The first kappa shape index (κ1) is 8.80. The van der Waals surface area contributed by atoms with E-state index in [9.17, 15) is 13.3 Å². The van der Waals surface area contributed by atoms with E-state index < -0.39 is 11.6 Å². The molecule has 0 saturated carbocycles. The molecule has 0 aliphatic rings. The highest BCUT2D eigenvalue weighted by atomic mass is 19.2. The topological polar surface area (TPSA) is 17.8 Å². The second-order valence-electron chi connectivity index (χ2n) is 2.66. The predicted molar refractivity (Wildman–Crippen MR) is 44.1 cm³/mol. The lowest BCUT2D eigenvalue weighted by atomic mass is 10.2. The standard InChI is InChI=1S/C9H5F3N2/c10-7-3-1-2-6(8(7)11)9-13-4-5-14(9)12/h1-5H. The summed E-state index contributed by atoms with van der Waals surface area (Å²) in [6, 6.07) is 3.52. The number of hydrogen-bond donors (Lipinski definition) is 0. The molecule has 2 aromatic rings. The monoisotopic (exact) mass is 198 g/mol. The van der Waals surface area contributed by atoms with Crippen molar-refractivity contribution in [2.75, 3.05) is 0 Å². The minimum absolute atomic E-state index is 0.137. The van der Waals surface area contributed by atoms with Crippen molar-refractivity contribution in [3.8, 4) is 11.4 Å². The van der Waals surface area contributed by atoms with Crippen molar-refractivity contribution < 1.29 is 13.3 Å². The summed E-state index contributed by atoms with van der Waals surface area (Å²) in [6.07, 6.45) is 2.18. The summed E-state index contributed by atoms with van der Waals surface area (Å²) in [5, 5.41) is 0. The number of halogens is 3. The van der Waals surface area contributed by atoms with Gasteiger partial charge in [-0.2, -0.15) is 4.79 Å². The van der Waals surface area contributed by atoms with E-state index in [1.165, 1.54) is 18.3 Å². The van der Waals surface area contributed by atoms with Gasteiger partial charge in [0.25, 0.3) is 0 Å². The molecule has 2 rings (SSSR count). The van der Waals surface area contributed by atoms with Crippen LogP contribution < -0.4 is 0 Å². The predicted octanol–water partition coefficient (Wildman–Crippen LogP) is 2.56. The van der Waals surface area contributed by atoms with Crippen molar-refractivity contribution in [2.45, 2.75) is 0 Å². The normalized spacial score (nSPS) is 10.5. The second kappa shape index (κ2) is 3.17. The highest BCUT2D eigenvalue weighted by Crippen LogP contribution is 2.22. The molecule has 0 radical (unpaired) electrons. The third kappa shape index (κ3) is 1.26. The Morgan fingerprint density at radius 1 is 1.21 bits per heavy atom. The number of aromatic nitrogens is 2. The summed E-state index contributed by atoms with van der Waals surface area (Å²) in [5.74, 6) is -2.37. The van der Waals surface area contributed by atoms with Gasteiger partial charge in [-0.15, -0.1) is 0 Å². The van der Waals surface area contributed by atoms with E-state index in [0.717, 1.165) is 12.3 Å². The molecular weight excluding hydrogens is 193 g/mol. The molecule has 1 aromatic carbocycles. The third-order valence-electron chi connectivity index (χ3n) is 1.79. The lowest BCUT2D eigenvalue weighted by Crippen LogP contribution is -1.93. The Labute approximate surface area is 77.6 Å². The van der Waals surface area contributed by atoms with Gasteiger partial charge in [-0.3, -0.25) is 0 Å². The van der Waals surface area contributed by atoms with Gasteiger partial charge in [0, 0.05) is 6.20 Å². The molecular formula is C9H5F3N2. The lowest BCUT2D eigenvalue weighted by molar-refractivity contribution is 0.373. The zero-order valence-electron chi connectivity index (χ0n) is 6.92. The maximum Gasteiger partial charge on any atom is 0.172 e. The Hall–Kier alpha value is -1.78. The minimum atomic E-state index is -1.10. The average Bonchev–Trinajstić information content (AvgIpc) is 2.57. The fourth-order valence-electron chi connectivity index (χ4n) is 1.15. The zero-order chi connectivity index (χ0) is 10.1. The molecule has 0 aliphatic heterocycles. The van der Waals surface area contributed by atoms with E-state index in [2.05, 4.69) is 4.98 Å².